The number of aliphatic hydroxyl groups excluding tert-OH is 1. The molecule has 4 nitrogen and oxygen atoms in total. The molecule has 0 spiro atoms. The second-order valence-corrected chi connectivity index (χ2v) is 6.12. The van der Waals surface area contributed by atoms with Gasteiger partial charge in [0.15, 0.2) is 0 Å². The summed E-state index contributed by atoms with van der Waals surface area (Å²) in [4.78, 5) is 14.1. The highest BCUT2D eigenvalue weighted by Crippen LogP contribution is 2.22. The smallest absolute Gasteiger partial charge is 0.238 e. The first kappa shape index (κ1) is 17.2. The van der Waals surface area contributed by atoms with Crippen LogP contribution in [0.5, 0.6) is 0 Å². The Balaban J connectivity index is 1.99. The number of halogens is 2. The van der Waals surface area contributed by atoms with Crippen LogP contribution < -0.4 is 5.32 Å². The SMILES string of the molecule is CCC(O)C1CCCCN1CC(=O)Nc1cc(Cl)ccc1F. The summed E-state index contributed by atoms with van der Waals surface area (Å²) in [6.07, 6.45) is 3.17. The van der Waals surface area contributed by atoms with Crippen molar-refractivity contribution in [2.75, 3.05) is 18.4 Å². The van der Waals surface area contributed by atoms with Gasteiger partial charge in [0, 0.05) is 11.1 Å². The molecule has 2 atom stereocenters. The van der Waals surface area contributed by atoms with E-state index in [9.17, 15) is 14.3 Å². The Hall–Kier alpha value is -1.17. The first-order valence-electron chi connectivity index (χ1n) is 7.68. The van der Waals surface area contributed by atoms with E-state index < -0.39 is 11.9 Å². The number of likely N-dealkylation sites (tertiary alicyclic amines) is 1. The van der Waals surface area contributed by atoms with E-state index in [0.717, 1.165) is 25.8 Å². The van der Waals surface area contributed by atoms with Gasteiger partial charge in [-0.2, -0.15) is 0 Å². The number of piperidine rings is 1. The van der Waals surface area contributed by atoms with E-state index in [1.54, 1.807) is 0 Å². The van der Waals surface area contributed by atoms with Gasteiger partial charge < -0.3 is 10.4 Å². The van der Waals surface area contributed by atoms with Crippen molar-refractivity contribution in [3.05, 3.63) is 29.0 Å². The lowest BCUT2D eigenvalue weighted by Crippen LogP contribution is -2.49. The van der Waals surface area contributed by atoms with Gasteiger partial charge in [0.1, 0.15) is 5.82 Å². The molecular formula is C16H22ClFN2O2. The van der Waals surface area contributed by atoms with Crippen molar-refractivity contribution in [3.63, 3.8) is 0 Å². The quantitative estimate of drug-likeness (QED) is 0.873. The molecule has 0 aliphatic carbocycles. The first-order valence-corrected chi connectivity index (χ1v) is 8.06. The van der Waals surface area contributed by atoms with E-state index in [-0.39, 0.29) is 24.2 Å². The molecule has 2 rings (SSSR count). The van der Waals surface area contributed by atoms with Crippen LogP contribution in [-0.4, -0.2) is 41.1 Å². The summed E-state index contributed by atoms with van der Waals surface area (Å²) in [7, 11) is 0. The average molecular weight is 329 g/mol. The number of carbonyl (C=O) groups excluding carboxylic acids is 1. The zero-order valence-electron chi connectivity index (χ0n) is 12.7. The van der Waals surface area contributed by atoms with Gasteiger partial charge >= 0.3 is 0 Å². The Labute approximate surface area is 135 Å². The van der Waals surface area contributed by atoms with Gasteiger partial charge in [-0.15, -0.1) is 0 Å². The molecule has 0 bridgehead atoms. The van der Waals surface area contributed by atoms with E-state index in [1.165, 1.54) is 18.2 Å². The molecule has 2 unspecified atom stereocenters. The van der Waals surface area contributed by atoms with Crippen molar-refractivity contribution in [1.29, 1.82) is 0 Å². The van der Waals surface area contributed by atoms with Crippen molar-refractivity contribution in [3.8, 4) is 0 Å². The lowest BCUT2D eigenvalue weighted by atomic mass is 9.96. The Bertz CT molecular complexity index is 527. The maximum Gasteiger partial charge on any atom is 0.238 e. The van der Waals surface area contributed by atoms with Crippen LogP contribution in [0.3, 0.4) is 0 Å². The van der Waals surface area contributed by atoms with Crippen LogP contribution in [0.15, 0.2) is 18.2 Å². The molecular weight excluding hydrogens is 307 g/mol. The molecule has 0 saturated carbocycles. The van der Waals surface area contributed by atoms with E-state index in [1.807, 2.05) is 11.8 Å². The molecule has 1 heterocycles. The fourth-order valence-corrected chi connectivity index (χ4v) is 3.06. The van der Waals surface area contributed by atoms with Gasteiger partial charge in [0.2, 0.25) is 5.91 Å². The van der Waals surface area contributed by atoms with Crippen molar-refractivity contribution in [1.82, 2.24) is 4.90 Å². The average Bonchev–Trinajstić information content (AvgIpc) is 2.50. The number of hydrogen-bond acceptors (Lipinski definition) is 3. The van der Waals surface area contributed by atoms with Crippen LogP contribution >= 0.6 is 11.6 Å². The second kappa shape index (κ2) is 7.90. The monoisotopic (exact) mass is 328 g/mol. The molecule has 1 aliphatic heterocycles. The number of nitrogens with one attached hydrogen (secondary N) is 1. The molecule has 22 heavy (non-hydrogen) atoms. The largest absolute Gasteiger partial charge is 0.392 e. The van der Waals surface area contributed by atoms with E-state index >= 15 is 0 Å². The first-order chi connectivity index (χ1) is 10.5. The molecule has 1 aromatic carbocycles. The summed E-state index contributed by atoms with van der Waals surface area (Å²) < 4.78 is 13.6. The minimum Gasteiger partial charge on any atom is -0.392 e. The molecule has 0 radical (unpaired) electrons. The van der Waals surface area contributed by atoms with Crippen LogP contribution in [0.2, 0.25) is 5.02 Å². The zero-order chi connectivity index (χ0) is 16.1. The van der Waals surface area contributed by atoms with Gasteiger partial charge in [-0.05, 0) is 44.0 Å². The number of nitrogens with zero attached hydrogens (tertiary/aromatic N) is 1. The molecule has 1 fully saturated rings. The Morgan fingerprint density at radius 2 is 2.32 bits per heavy atom. The predicted octanol–water partition coefficient (Wildman–Crippen LogP) is 3.04. The van der Waals surface area contributed by atoms with Gasteiger partial charge in [0.25, 0.3) is 0 Å². The van der Waals surface area contributed by atoms with E-state index in [2.05, 4.69) is 5.32 Å². The predicted molar refractivity (Wildman–Crippen MR) is 85.5 cm³/mol. The van der Waals surface area contributed by atoms with Gasteiger partial charge in [-0.1, -0.05) is 24.9 Å². The van der Waals surface area contributed by atoms with Crippen LogP contribution in [0, 0.1) is 5.82 Å². The van der Waals surface area contributed by atoms with Gasteiger partial charge in [0.05, 0.1) is 18.3 Å². The molecule has 2 N–H and O–H groups in total. The summed E-state index contributed by atoms with van der Waals surface area (Å²) in [5.74, 6) is -0.807. The molecule has 0 aromatic heterocycles. The van der Waals surface area contributed by atoms with Crippen molar-refractivity contribution >= 4 is 23.2 Å². The summed E-state index contributed by atoms with van der Waals surface area (Å²) in [6, 6.07) is 4.05. The topological polar surface area (TPSA) is 52.6 Å². The number of hydrogen-bond donors (Lipinski definition) is 2. The third-order valence-corrected chi connectivity index (χ3v) is 4.31. The minimum absolute atomic E-state index is 0.00583. The highest BCUT2D eigenvalue weighted by Gasteiger charge is 2.29. The van der Waals surface area contributed by atoms with Crippen molar-refractivity contribution < 1.29 is 14.3 Å². The van der Waals surface area contributed by atoms with Crippen molar-refractivity contribution in [2.24, 2.45) is 0 Å². The number of rotatable bonds is 5. The number of amides is 1. The lowest BCUT2D eigenvalue weighted by Gasteiger charge is -2.37. The van der Waals surface area contributed by atoms with Crippen LogP contribution in [-0.2, 0) is 4.79 Å². The Kier molecular flexibility index (Phi) is 6.17. The highest BCUT2D eigenvalue weighted by molar-refractivity contribution is 6.30. The third-order valence-electron chi connectivity index (χ3n) is 4.08. The summed E-state index contributed by atoms with van der Waals surface area (Å²) in [6.45, 7) is 2.85. The standard InChI is InChI=1S/C16H22ClFN2O2/c1-2-15(21)14-5-3-4-8-20(14)10-16(22)19-13-9-11(17)6-7-12(13)18/h6-7,9,14-15,21H,2-5,8,10H2,1H3,(H,19,22). The lowest BCUT2D eigenvalue weighted by molar-refractivity contribution is -0.119. The van der Waals surface area contributed by atoms with Gasteiger partial charge in [-0.3, -0.25) is 9.69 Å². The van der Waals surface area contributed by atoms with Crippen molar-refractivity contribution in [2.45, 2.75) is 44.8 Å². The van der Waals surface area contributed by atoms with E-state index in [0.29, 0.717) is 11.4 Å². The Morgan fingerprint density at radius 3 is 3.05 bits per heavy atom. The number of benzene rings is 1. The van der Waals surface area contributed by atoms with Crippen LogP contribution in [0.1, 0.15) is 32.6 Å². The minimum atomic E-state index is -0.512. The second-order valence-electron chi connectivity index (χ2n) is 5.68. The fraction of sp³-hybridized carbons (Fsp3) is 0.562. The summed E-state index contributed by atoms with van der Waals surface area (Å²) in [5.41, 5.74) is 0.0853. The molecule has 6 heteroatoms. The van der Waals surface area contributed by atoms with Crippen LogP contribution in [0.4, 0.5) is 10.1 Å². The fourth-order valence-electron chi connectivity index (χ4n) is 2.89. The van der Waals surface area contributed by atoms with Crippen LogP contribution in [0.25, 0.3) is 0 Å². The molecule has 1 aromatic rings. The highest BCUT2D eigenvalue weighted by atomic mass is 35.5. The number of carbonyl (C=O) groups is 1. The van der Waals surface area contributed by atoms with E-state index in [4.69, 9.17) is 11.6 Å². The zero-order valence-corrected chi connectivity index (χ0v) is 13.4. The number of aliphatic hydroxyl groups is 1. The maximum atomic E-state index is 13.6. The van der Waals surface area contributed by atoms with Gasteiger partial charge in [-0.25, -0.2) is 4.39 Å². The summed E-state index contributed by atoms with van der Waals surface area (Å²) >= 11 is 5.81. The molecule has 1 aliphatic rings. The molecule has 122 valence electrons. The summed E-state index contributed by atoms with van der Waals surface area (Å²) in [5, 5.41) is 13.0. The molecule has 1 saturated heterocycles. The normalized spacial score (nSPS) is 20.6. The number of anilines is 1. The molecule has 1 amide bonds. The third kappa shape index (κ3) is 4.41. The maximum absolute atomic E-state index is 13.6. The Morgan fingerprint density at radius 1 is 1.55 bits per heavy atom.